The summed E-state index contributed by atoms with van der Waals surface area (Å²) in [6.07, 6.45) is 7.71. The second-order valence-corrected chi connectivity index (χ2v) is 5.79. The number of rotatable bonds is 8. The van der Waals surface area contributed by atoms with Crippen LogP contribution < -0.4 is 10.6 Å². The number of benzene rings is 1. The molecule has 0 amide bonds. The zero-order chi connectivity index (χ0) is 15.5. The molecule has 2 N–H and O–H groups in total. The van der Waals surface area contributed by atoms with E-state index in [0.29, 0.717) is 6.10 Å². The Morgan fingerprint density at radius 3 is 2.59 bits per heavy atom. The Bertz CT molecular complexity index is 427. The molecular formula is C18H29N3O. The molecule has 0 bridgehead atoms. The molecule has 0 atom stereocenters. The van der Waals surface area contributed by atoms with Gasteiger partial charge in [0.15, 0.2) is 5.96 Å². The molecule has 4 nitrogen and oxygen atoms in total. The van der Waals surface area contributed by atoms with Crippen molar-refractivity contribution in [2.75, 3.05) is 26.7 Å². The number of aliphatic imine (C=N–C) groups is 1. The lowest BCUT2D eigenvalue weighted by Gasteiger charge is -2.13. The molecule has 1 aliphatic carbocycles. The zero-order valence-electron chi connectivity index (χ0n) is 13.7. The van der Waals surface area contributed by atoms with Gasteiger partial charge in [0.25, 0.3) is 0 Å². The van der Waals surface area contributed by atoms with E-state index < -0.39 is 0 Å². The van der Waals surface area contributed by atoms with Crippen LogP contribution in [-0.2, 0) is 11.2 Å². The Balaban J connectivity index is 1.51. The van der Waals surface area contributed by atoms with E-state index in [9.17, 15) is 0 Å². The first-order valence-corrected chi connectivity index (χ1v) is 8.48. The fraction of sp³-hybridized carbons (Fsp3) is 0.611. The minimum Gasteiger partial charge on any atom is -0.378 e. The lowest BCUT2D eigenvalue weighted by atomic mass is 10.1. The Kier molecular flexibility index (Phi) is 7.81. The molecule has 1 aromatic carbocycles. The quantitative estimate of drug-likeness (QED) is 0.441. The zero-order valence-corrected chi connectivity index (χ0v) is 13.7. The molecule has 1 fully saturated rings. The molecule has 0 radical (unpaired) electrons. The van der Waals surface area contributed by atoms with Crippen LogP contribution in [0.5, 0.6) is 0 Å². The van der Waals surface area contributed by atoms with E-state index in [-0.39, 0.29) is 0 Å². The molecule has 1 saturated carbocycles. The third-order valence-electron chi connectivity index (χ3n) is 4.04. The summed E-state index contributed by atoms with van der Waals surface area (Å²) in [6, 6.07) is 10.5. The summed E-state index contributed by atoms with van der Waals surface area (Å²) in [6.45, 7) is 2.64. The SMILES string of the molecule is CN=C(NCCCOC1CCCC1)NCCc1ccccc1. The van der Waals surface area contributed by atoms with Gasteiger partial charge in [0.05, 0.1) is 6.10 Å². The largest absolute Gasteiger partial charge is 0.378 e. The minimum atomic E-state index is 0.517. The maximum atomic E-state index is 5.86. The summed E-state index contributed by atoms with van der Waals surface area (Å²) >= 11 is 0. The number of hydrogen-bond donors (Lipinski definition) is 2. The molecule has 1 aromatic rings. The molecule has 2 rings (SSSR count). The normalized spacial score (nSPS) is 16.0. The highest BCUT2D eigenvalue weighted by atomic mass is 16.5. The first-order chi connectivity index (χ1) is 10.9. The van der Waals surface area contributed by atoms with Gasteiger partial charge in [-0.2, -0.15) is 0 Å². The fourth-order valence-corrected chi connectivity index (χ4v) is 2.77. The number of hydrogen-bond acceptors (Lipinski definition) is 2. The highest BCUT2D eigenvalue weighted by Gasteiger charge is 2.14. The van der Waals surface area contributed by atoms with Gasteiger partial charge >= 0.3 is 0 Å². The molecule has 0 unspecified atom stereocenters. The van der Waals surface area contributed by atoms with Crippen LogP contribution in [-0.4, -0.2) is 38.8 Å². The van der Waals surface area contributed by atoms with Gasteiger partial charge < -0.3 is 15.4 Å². The average molecular weight is 303 g/mol. The van der Waals surface area contributed by atoms with Crippen molar-refractivity contribution in [1.82, 2.24) is 10.6 Å². The van der Waals surface area contributed by atoms with Crippen molar-refractivity contribution >= 4 is 5.96 Å². The van der Waals surface area contributed by atoms with Crippen molar-refractivity contribution in [3.8, 4) is 0 Å². The summed E-state index contributed by atoms with van der Waals surface area (Å²) in [7, 11) is 1.81. The van der Waals surface area contributed by atoms with Crippen LogP contribution in [0.25, 0.3) is 0 Å². The standard InChI is InChI=1S/C18H29N3O/c1-19-18(21-14-12-16-8-3-2-4-9-16)20-13-7-15-22-17-10-5-6-11-17/h2-4,8-9,17H,5-7,10-15H2,1H3,(H2,19,20,21). The topological polar surface area (TPSA) is 45.7 Å². The molecule has 4 heteroatoms. The van der Waals surface area contributed by atoms with E-state index in [1.807, 2.05) is 13.1 Å². The highest BCUT2D eigenvalue weighted by Crippen LogP contribution is 2.20. The van der Waals surface area contributed by atoms with Gasteiger partial charge in [-0.05, 0) is 31.2 Å². The van der Waals surface area contributed by atoms with Gasteiger partial charge in [-0.25, -0.2) is 0 Å². The number of ether oxygens (including phenoxy) is 1. The van der Waals surface area contributed by atoms with Gasteiger partial charge in [-0.15, -0.1) is 0 Å². The van der Waals surface area contributed by atoms with Crippen molar-refractivity contribution < 1.29 is 4.74 Å². The average Bonchev–Trinajstić information content (AvgIpc) is 3.07. The van der Waals surface area contributed by atoms with Gasteiger partial charge in [0.2, 0.25) is 0 Å². The molecule has 0 aliphatic heterocycles. The first-order valence-electron chi connectivity index (χ1n) is 8.48. The molecule has 0 spiro atoms. The molecule has 22 heavy (non-hydrogen) atoms. The number of nitrogens with zero attached hydrogens (tertiary/aromatic N) is 1. The second kappa shape index (κ2) is 10.2. The maximum absolute atomic E-state index is 5.86. The summed E-state index contributed by atoms with van der Waals surface area (Å²) in [5, 5.41) is 6.69. The molecule has 0 heterocycles. The third-order valence-corrected chi connectivity index (χ3v) is 4.04. The van der Waals surface area contributed by atoms with Gasteiger partial charge in [0, 0.05) is 26.7 Å². The lowest BCUT2D eigenvalue weighted by Crippen LogP contribution is -2.39. The van der Waals surface area contributed by atoms with Crippen molar-refractivity contribution in [3.63, 3.8) is 0 Å². The van der Waals surface area contributed by atoms with E-state index >= 15 is 0 Å². The van der Waals surface area contributed by atoms with Crippen LogP contribution in [0.1, 0.15) is 37.7 Å². The van der Waals surface area contributed by atoms with Gasteiger partial charge in [-0.1, -0.05) is 43.2 Å². The first kappa shape index (κ1) is 16.8. The third kappa shape index (κ3) is 6.48. The van der Waals surface area contributed by atoms with Gasteiger partial charge in [0.1, 0.15) is 0 Å². The van der Waals surface area contributed by atoms with E-state index in [1.165, 1.54) is 31.2 Å². The van der Waals surface area contributed by atoms with Crippen LogP contribution >= 0.6 is 0 Å². The fourth-order valence-electron chi connectivity index (χ4n) is 2.77. The Hall–Kier alpha value is -1.55. The lowest BCUT2D eigenvalue weighted by molar-refractivity contribution is 0.0574. The summed E-state index contributed by atoms with van der Waals surface area (Å²) in [5.41, 5.74) is 1.34. The molecular weight excluding hydrogens is 274 g/mol. The molecule has 1 aliphatic rings. The van der Waals surface area contributed by atoms with Crippen LogP contribution in [0.2, 0.25) is 0 Å². The maximum Gasteiger partial charge on any atom is 0.190 e. The summed E-state index contributed by atoms with van der Waals surface area (Å²) < 4.78 is 5.86. The summed E-state index contributed by atoms with van der Waals surface area (Å²) in [5.74, 6) is 0.872. The minimum absolute atomic E-state index is 0.517. The molecule has 0 saturated heterocycles. The van der Waals surface area contributed by atoms with Crippen molar-refractivity contribution in [2.45, 2.75) is 44.6 Å². The Morgan fingerprint density at radius 1 is 1.14 bits per heavy atom. The van der Waals surface area contributed by atoms with Crippen molar-refractivity contribution in [3.05, 3.63) is 35.9 Å². The second-order valence-electron chi connectivity index (χ2n) is 5.79. The summed E-state index contributed by atoms with van der Waals surface area (Å²) in [4.78, 5) is 4.25. The molecule has 122 valence electrons. The van der Waals surface area contributed by atoms with Crippen LogP contribution in [0.3, 0.4) is 0 Å². The van der Waals surface area contributed by atoms with E-state index in [2.05, 4.69) is 39.9 Å². The van der Waals surface area contributed by atoms with Crippen molar-refractivity contribution in [2.24, 2.45) is 4.99 Å². The highest BCUT2D eigenvalue weighted by molar-refractivity contribution is 5.79. The van der Waals surface area contributed by atoms with E-state index in [1.54, 1.807) is 0 Å². The van der Waals surface area contributed by atoms with E-state index in [4.69, 9.17) is 4.74 Å². The van der Waals surface area contributed by atoms with Crippen molar-refractivity contribution in [1.29, 1.82) is 0 Å². The van der Waals surface area contributed by atoms with E-state index in [0.717, 1.165) is 38.5 Å². The van der Waals surface area contributed by atoms with Crippen LogP contribution in [0.4, 0.5) is 0 Å². The number of guanidine groups is 1. The smallest absolute Gasteiger partial charge is 0.190 e. The predicted octanol–water partition coefficient (Wildman–Crippen LogP) is 2.74. The Labute approximate surface area is 134 Å². The Morgan fingerprint density at radius 2 is 1.86 bits per heavy atom. The van der Waals surface area contributed by atoms with Gasteiger partial charge in [-0.3, -0.25) is 4.99 Å². The molecule has 0 aromatic heterocycles. The monoisotopic (exact) mass is 303 g/mol. The number of nitrogens with one attached hydrogen (secondary N) is 2. The van der Waals surface area contributed by atoms with Crippen LogP contribution in [0, 0.1) is 0 Å². The predicted molar refractivity (Wildman–Crippen MR) is 92.3 cm³/mol. The van der Waals surface area contributed by atoms with Crippen LogP contribution in [0.15, 0.2) is 35.3 Å².